The Morgan fingerprint density at radius 2 is 1.95 bits per heavy atom. The predicted octanol–water partition coefficient (Wildman–Crippen LogP) is 4.43. The van der Waals surface area contributed by atoms with Gasteiger partial charge in [-0.3, -0.25) is 14.2 Å². The molecule has 2 aliphatic rings. The number of halogens is 1. The van der Waals surface area contributed by atoms with Gasteiger partial charge >= 0.3 is 0 Å². The van der Waals surface area contributed by atoms with Crippen LogP contribution in [0.5, 0.6) is 11.5 Å². The van der Waals surface area contributed by atoms with E-state index in [9.17, 15) is 9.59 Å². The van der Waals surface area contributed by atoms with Crippen LogP contribution >= 0.6 is 22.9 Å². The van der Waals surface area contributed by atoms with Crippen LogP contribution in [0.15, 0.2) is 53.3 Å². The highest BCUT2D eigenvalue weighted by molar-refractivity contribution is 7.21. The Balaban J connectivity index is 1.33. The highest BCUT2D eigenvalue weighted by Crippen LogP contribution is 2.51. The van der Waals surface area contributed by atoms with Crippen LogP contribution in [0.25, 0.3) is 10.3 Å². The molecule has 6 rings (SSSR count). The monoisotopic (exact) mass is 579 g/mol. The molecule has 1 saturated heterocycles. The molecule has 208 valence electrons. The van der Waals surface area contributed by atoms with Gasteiger partial charge in [-0.05, 0) is 43.4 Å². The van der Waals surface area contributed by atoms with E-state index in [2.05, 4.69) is 5.32 Å². The van der Waals surface area contributed by atoms with Gasteiger partial charge in [-0.25, -0.2) is 9.97 Å². The van der Waals surface area contributed by atoms with Gasteiger partial charge in [-0.15, -0.1) is 11.6 Å². The van der Waals surface area contributed by atoms with E-state index in [0.29, 0.717) is 40.4 Å². The molecular weight excluding hydrogens is 550 g/mol. The Morgan fingerprint density at radius 1 is 1.15 bits per heavy atom. The summed E-state index contributed by atoms with van der Waals surface area (Å²) >= 11 is 8.21. The number of carbonyl (C=O) groups excluding carboxylic acids is 1. The zero-order valence-corrected chi connectivity index (χ0v) is 23.9. The van der Waals surface area contributed by atoms with Crippen molar-refractivity contribution in [2.75, 3.05) is 25.7 Å². The summed E-state index contributed by atoms with van der Waals surface area (Å²) < 4.78 is 12.5. The second kappa shape index (κ2) is 10.7. The van der Waals surface area contributed by atoms with E-state index >= 15 is 0 Å². The van der Waals surface area contributed by atoms with Crippen molar-refractivity contribution in [3.63, 3.8) is 0 Å². The lowest BCUT2D eigenvalue weighted by Crippen LogP contribution is -2.43. The van der Waals surface area contributed by atoms with Gasteiger partial charge in [-0.2, -0.15) is 0 Å². The maximum atomic E-state index is 13.9. The fraction of sp³-hybridized carbons (Fsp3) is 0.379. The number of carbonyl (C=O) groups is 1. The minimum Gasteiger partial charge on any atom is -0.497 e. The third-order valence-corrected chi connectivity index (χ3v) is 9.07. The maximum absolute atomic E-state index is 13.9. The molecule has 4 aromatic rings. The van der Waals surface area contributed by atoms with Gasteiger partial charge in [0.25, 0.3) is 5.56 Å². The van der Waals surface area contributed by atoms with E-state index in [0.717, 1.165) is 36.8 Å². The molecule has 0 spiro atoms. The second-order valence-corrected chi connectivity index (χ2v) is 11.9. The van der Waals surface area contributed by atoms with E-state index in [1.165, 1.54) is 11.3 Å². The van der Waals surface area contributed by atoms with Crippen molar-refractivity contribution >= 4 is 44.3 Å². The van der Waals surface area contributed by atoms with Crippen molar-refractivity contribution < 1.29 is 14.3 Å². The van der Waals surface area contributed by atoms with E-state index in [-0.39, 0.29) is 29.6 Å². The molecule has 2 aromatic heterocycles. The van der Waals surface area contributed by atoms with Gasteiger partial charge in [0.2, 0.25) is 5.91 Å². The first-order chi connectivity index (χ1) is 19.4. The van der Waals surface area contributed by atoms with E-state index in [1.54, 1.807) is 24.9 Å². The van der Waals surface area contributed by atoms with E-state index in [1.807, 2.05) is 47.4 Å². The Kier molecular flexibility index (Phi) is 7.14. The maximum Gasteiger partial charge on any atom is 0.281 e. The number of amides is 1. The molecule has 0 radical (unpaired) electrons. The number of rotatable bonds is 9. The van der Waals surface area contributed by atoms with Crippen LogP contribution < -0.4 is 25.2 Å². The number of anilines is 1. The molecule has 1 aliphatic heterocycles. The topological polar surface area (TPSA) is 98.6 Å². The second-order valence-electron chi connectivity index (χ2n) is 10.2. The number of hydrogen-bond acceptors (Lipinski definition) is 8. The average molecular weight is 580 g/mol. The number of ether oxygens (including phenoxy) is 2. The number of nitrogens with one attached hydrogen (secondary N) is 1. The molecule has 1 aliphatic carbocycles. The van der Waals surface area contributed by atoms with Crippen LogP contribution in [0.1, 0.15) is 42.6 Å². The Labute approximate surface area is 240 Å². The third-order valence-electron chi connectivity index (χ3n) is 7.53. The number of benzene rings is 2. The Bertz CT molecular complexity index is 1620. The van der Waals surface area contributed by atoms with Crippen molar-refractivity contribution in [2.24, 2.45) is 0 Å². The fourth-order valence-corrected chi connectivity index (χ4v) is 6.41. The number of methoxy groups -OCH3 is 2. The van der Waals surface area contributed by atoms with Crippen molar-refractivity contribution in [3.8, 4) is 11.5 Å². The molecule has 0 bridgehead atoms. The van der Waals surface area contributed by atoms with Gasteiger partial charge in [0, 0.05) is 24.7 Å². The minimum atomic E-state index is -0.676. The molecule has 9 nitrogen and oxygen atoms in total. The molecule has 11 heteroatoms. The smallest absolute Gasteiger partial charge is 0.281 e. The summed E-state index contributed by atoms with van der Waals surface area (Å²) in [6.45, 7) is 1.39. The Hall–Kier alpha value is -3.63. The van der Waals surface area contributed by atoms with E-state index in [4.69, 9.17) is 31.0 Å². The molecule has 1 saturated carbocycles. The quantitative estimate of drug-likeness (QED) is 0.293. The largest absolute Gasteiger partial charge is 0.497 e. The van der Waals surface area contributed by atoms with Crippen LogP contribution in [-0.2, 0) is 22.8 Å². The fourth-order valence-electron chi connectivity index (χ4n) is 5.17. The van der Waals surface area contributed by atoms with Crippen LogP contribution in [0.3, 0.4) is 0 Å². The van der Waals surface area contributed by atoms with Crippen LogP contribution in [0.2, 0.25) is 0 Å². The first-order valence-corrected chi connectivity index (χ1v) is 14.5. The zero-order valence-electron chi connectivity index (χ0n) is 22.4. The predicted molar refractivity (Wildman–Crippen MR) is 156 cm³/mol. The normalized spacial score (nSPS) is 17.7. The van der Waals surface area contributed by atoms with Gasteiger partial charge in [0.05, 0.1) is 20.8 Å². The molecule has 2 aromatic carbocycles. The molecule has 1 N–H and O–H groups in total. The number of hydrogen-bond donors (Lipinski definition) is 1. The van der Waals surface area contributed by atoms with Gasteiger partial charge in [0.15, 0.2) is 15.5 Å². The number of nitrogens with zero attached hydrogens (tertiary/aromatic N) is 4. The zero-order chi connectivity index (χ0) is 27.9. The summed E-state index contributed by atoms with van der Waals surface area (Å²) in [5.41, 5.74) is 1.88. The average Bonchev–Trinajstić information content (AvgIpc) is 3.36. The Morgan fingerprint density at radius 3 is 2.67 bits per heavy atom. The van der Waals surface area contributed by atoms with Crippen molar-refractivity contribution in [3.05, 3.63) is 75.8 Å². The molecule has 1 unspecified atom stereocenters. The van der Waals surface area contributed by atoms with Crippen LogP contribution in [0, 0.1) is 0 Å². The molecule has 2 fully saturated rings. The van der Waals surface area contributed by atoms with Crippen molar-refractivity contribution in [2.45, 2.75) is 49.7 Å². The number of aromatic nitrogens is 3. The summed E-state index contributed by atoms with van der Waals surface area (Å²) in [5.74, 6) is 1.77. The summed E-state index contributed by atoms with van der Waals surface area (Å²) in [6, 6.07) is 15.0. The van der Waals surface area contributed by atoms with Gasteiger partial charge < -0.3 is 19.7 Å². The summed E-state index contributed by atoms with van der Waals surface area (Å²) in [6.07, 6.45) is 3.08. The third kappa shape index (κ3) is 5.01. The molecule has 40 heavy (non-hydrogen) atoms. The summed E-state index contributed by atoms with van der Waals surface area (Å²) in [5, 5.41) is 3.68. The lowest BCUT2D eigenvalue weighted by Gasteiger charge is -2.23. The minimum absolute atomic E-state index is 0.0454. The van der Waals surface area contributed by atoms with Crippen molar-refractivity contribution in [1.82, 2.24) is 19.9 Å². The molecular formula is C29H30ClN5O4S. The number of alkyl halides is 1. The lowest BCUT2D eigenvalue weighted by atomic mass is 10.1. The van der Waals surface area contributed by atoms with Gasteiger partial charge in [0.1, 0.15) is 28.2 Å². The number of thiazole rings is 1. The number of fused-ring (bicyclic) bond motifs is 1. The molecule has 3 heterocycles. The van der Waals surface area contributed by atoms with Gasteiger partial charge in [-0.1, -0.05) is 41.7 Å². The SMILES string of the molecule is COc1ccc(Cn2c(C3(Cl)CC3)nc3sc(N4CCCC4C(=O)NCc4ccccc4)nc3c2=O)c(OC)c1. The van der Waals surface area contributed by atoms with Crippen LogP contribution in [-0.4, -0.2) is 47.2 Å². The van der Waals surface area contributed by atoms with E-state index < -0.39 is 4.87 Å². The standard InChI is InChI=1S/C29H30ClN5O4S/c1-38-20-11-10-19(22(15-20)39-2)17-35-26(37)23-25(33-27(35)29(30)12-13-29)40-28(32-23)34-14-6-9-21(34)24(36)31-16-18-7-4-3-5-8-18/h3-5,7-8,10-11,15,21H,6,9,12-14,16-17H2,1-2H3,(H,31,36). The highest BCUT2D eigenvalue weighted by atomic mass is 35.5. The summed E-state index contributed by atoms with van der Waals surface area (Å²) in [4.78, 5) is 38.5. The first-order valence-electron chi connectivity index (χ1n) is 13.3. The highest BCUT2D eigenvalue weighted by Gasteiger charge is 2.47. The summed E-state index contributed by atoms with van der Waals surface area (Å²) in [7, 11) is 3.18. The lowest BCUT2D eigenvalue weighted by molar-refractivity contribution is -0.122. The first kappa shape index (κ1) is 26.6. The molecule has 1 atom stereocenters. The molecule has 1 amide bonds. The van der Waals surface area contributed by atoms with Crippen molar-refractivity contribution in [1.29, 1.82) is 0 Å². The van der Waals surface area contributed by atoms with Crippen LogP contribution in [0.4, 0.5) is 5.13 Å².